The lowest BCUT2D eigenvalue weighted by atomic mass is 9.87. The van der Waals surface area contributed by atoms with E-state index in [-0.39, 0.29) is 11.8 Å². The molecular formula is C10H21NO. The lowest BCUT2D eigenvalue weighted by Crippen LogP contribution is -2.41. The maximum Gasteiger partial charge on any atom is 0.147 e. The average molecular weight is 171 g/mol. The summed E-state index contributed by atoms with van der Waals surface area (Å²) in [6, 6.07) is 0.0741. The molecule has 2 heteroatoms. The first-order chi connectivity index (χ1) is 5.37. The van der Waals surface area contributed by atoms with E-state index in [1.807, 2.05) is 19.0 Å². The Hall–Kier alpha value is -0.370. The third kappa shape index (κ3) is 2.94. The highest BCUT2D eigenvalue weighted by molar-refractivity contribution is 5.81. The molecule has 0 saturated heterocycles. The summed E-state index contributed by atoms with van der Waals surface area (Å²) in [4.78, 5) is 13.3. The Balaban J connectivity index is 4.40. The fraction of sp³-hybridized carbons (Fsp3) is 0.900. The molecule has 2 atom stereocenters. The van der Waals surface area contributed by atoms with E-state index in [9.17, 15) is 4.79 Å². The van der Waals surface area contributed by atoms with Gasteiger partial charge in [0.25, 0.3) is 0 Å². The van der Waals surface area contributed by atoms with Crippen molar-refractivity contribution in [2.45, 2.75) is 33.7 Å². The topological polar surface area (TPSA) is 20.3 Å². The van der Waals surface area contributed by atoms with Crippen LogP contribution in [-0.4, -0.2) is 30.8 Å². The highest BCUT2D eigenvalue weighted by Gasteiger charge is 2.25. The molecule has 0 aliphatic rings. The Morgan fingerprint density at radius 3 is 1.67 bits per heavy atom. The van der Waals surface area contributed by atoms with Gasteiger partial charge in [0.2, 0.25) is 0 Å². The van der Waals surface area contributed by atoms with Crippen LogP contribution in [0.2, 0.25) is 0 Å². The van der Waals surface area contributed by atoms with E-state index >= 15 is 0 Å². The summed E-state index contributed by atoms with van der Waals surface area (Å²) in [5, 5.41) is 0. The Labute approximate surface area is 75.9 Å². The van der Waals surface area contributed by atoms with Gasteiger partial charge in [-0.3, -0.25) is 9.69 Å². The van der Waals surface area contributed by atoms with Gasteiger partial charge in [-0.25, -0.2) is 0 Å². The van der Waals surface area contributed by atoms with E-state index in [4.69, 9.17) is 0 Å². The number of likely N-dealkylation sites (N-methyl/N-ethyl adjacent to an activating group) is 1. The molecule has 0 aromatic carbocycles. The first kappa shape index (κ1) is 11.6. The van der Waals surface area contributed by atoms with Gasteiger partial charge in [0, 0.05) is 0 Å². The van der Waals surface area contributed by atoms with Crippen LogP contribution in [0.25, 0.3) is 0 Å². The number of hydrogen-bond acceptors (Lipinski definition) is 2. The summed E-state index contributed by atoms with van der Waals surface area (Å²) in [6.07, 6.45) is 0. The van der Waals surface area contributed by atoms with E-state index in [0.717, 1.165) is 0 Å². The molecule has 2 nitrogen and oxygen atoms in total. The van der Waals surface area contributed by atoms with Gasteiger partial charge in [-0.05, 0) is 32.9 Å². The van der Waals surface area contributed by atoms with Crippen LogP contribution in [0, 0.1) is 11.8 Å². The molecule has 0 bridgehead atoms. The van der Waals surface area contributed by atoms with Crippen molar-refractivity contribution >= 4 is 5.78 Å². The van der Waals surface area contributed by atoms with Gasteiger partial charge in [-0.2, -0.15) is 0 Å². The molecule has 0 aliphatic heterocycles. The van der Waals surface area contributed by atoms with E-state index in [2.05, 4.69) is 20.8 Å². The standard InChI is InChI=1S/C10H21NO/c1-7(2)8(3)10(9(4)12)11(5)6/h7-8,10H,1-6H3. The lowest BCUT2D eigenvalue weighted by molar-refractivity contribution is -0.123. The quantitative estimate of drug-likeness (QED) is 0.643. The van der Waals surface area contributed by atoms with Gasteiger partial charge in [0.1, 0.15) is 5.78 Å². The summed E-state index contributed by atoms with van der Waals surface area (Å²) in [6.45, 7) is 8.12. The van der Waals surface area contributed by atoms with Gasteiger partial charge in [-0.1, -0.05) is 20.8 Å². The van der Waals surface area contributed by atoms with Gasteiger partial charge in [0.05, 0.1) is 6.04 Å². The average Bonchev–Trinajstić information content (AvgIpc) is 1.85. The molecule has 0 radical (unpaired) electrons. The van der Waals surface area contributed by atoms with E-state index < -0.39 is 0 Å². The Morgan fingerprint density at radius 2 is 1.58 bits per heavy atom. The minimum absolute atomic E-state index is 0.0741. The minimum atomic E-state index is 0.0741. The first-order valence-electron chi connectivity index (χ1n) is 4.54. The zero-order valence-electron chi connectivity index (χ0n) is 9.09. The van der Waals surface area contributed by atoms with Gasteiger partial charge >= 0.3 is 0 Å². The van der Waals surface area contributed by atoms with E-state index in [0.29, 0.717) is 11.8 Å². The number of nitrogens with zero attached hydrogens (tertiary/aromatic N) is 1. The van der Waals surface area contributed by atoms with Gasteiger partial charge < -0.3 is 0 Å². The fourth-order valence-electron chi connectivity index (χ4n) is 1.57. The molecule has 0 saturated carbocycles. The van der Waals surface area contributed by atoms with Gasteiger partial charge in [0.15, 0.2) is 0 Å². The van der Waals surface area contributed by atoms with Crippen molar-refractivity contribution in [1.82, 2.24) is 4.90 Å². The zero-order chi connectivity index (χ0) is 9.89. The molecule has 0 aromatic heterocycles. The lowest BCUT2D eigenvalue weighted by Gasteiger charge is -2.30. The summed E-state index contributed by atoms with van der Waals surface area (Å²) < 4.78 is 0. The predicted octanol–water partition coefficient (Wildman–Crippen LogP) is 1.80. The van der Waals surface area contributed by atoms with Crippen LogP contribution in [0.1, 0.15) is 27.7 Å². The molecule has 0 rings (SSSR count). The van der Waals surface area contributed by atoms with Crippen molar-refractivity contribution in [3.05, 3.63) is 0 Å². The van der Waals surface area contributed by atoms with Crippen LogP contribution in [0.4, 0.5) is 0 Å². The highest BCUT2D eigenvalue weighted by Crippen LogP contribution is 2.18. The smallest absolute Gasteiger partial charge is 0.147 e. The number of carbonyl (C=O) groups is 1. The van der Waals surface area contributed by atoms with Crippen LogP contribution < -0.4 is 0 Å². The van der Waals surface area contributed by atoms with Crippen LogP contribution in [0.3, 0.4) is 0 Å². The fourth-order valence-corrected chi connectivity index (χ4v) is 1.57. The molecule has 0 aliphatic carbocycles. The Bertz CT molecular complexity index is 152. The molecule has 0 spiro atoms. The first-order valence-corrected chi connectivity index (χ1v) is 4.54. The van der Waals surface area contributed by atoms with Crippen molar-refractivity contribution in [2.75, 3.05) is 14.1 Å². The van der Waals surface area contributed by atoms with Crippen molar-refractivity contribution in [1.29, 1.82) is 0 Å². The molecule has 0 amide bonds. The third-order valence-electron chi connectivity index (χ3n) is 2.52. The second-order valence-electron chi connectivity index (χ2n) is 4.12. The SMILES string of the molecule is CC(=O)C(C(C)C(C)C)N(C)C. The van der Waals surface area contributed by atoms with Crippen molar-refractivity contribution in [2.24, 2.45) is 11.8 Å². The highest BCUT2D eigenvalue weighted by atomic mass is 16.1. The number of carbonyl (C=O) groups excluding carboxylic acids is 1. The van der Waals surface area contributed by atoms with Crippen LogP contribution in [-0.2, 0) is 4.79 Å². The summed E-state index contributed by atoms with van der Waals surface area (Å²) in [5.74, 6) is 1.25. The summed E-state index contributed by atoms with van der Waals surface area (Å²) in [7, 11) is 3.93. The summed E-state index contributed by atoms with van der Waals surface area (Å²) in [5.41, 5.74) is 0. The summed E-state index contributed by atoms with van der Waals surface area (Å²) >= 11 is 0. The van der Waals surface area contributed by atoms with Crippen LogP contribution >= 0.6 is 0 Å². The van der Waals surface area contributed by atoms with Crippen molar-refractivity contribution in [3.8, 4) is 0 Å². The molecule has 12 heavy (non-hydrogen) atoms. The Morgan fingerprint density at radius 1 is 1.17 bits per heavy atom. The van der Waals surface area contributed by atoms with Crippen molar-refractivity contribution in [3.63, 3.8) is 0 Å². The Kier molecular flexibility index (Phi) is 4.46. The molecule has 2 unspecified atom stereocenters. The molecule has 0 fully saturated rings. The number of rotatable bonds is 4. The second-order valence-corrected chi connectivity index (χ2v) is 4.12. The normalized spacial score (nSPS) is 16.7. The molecule has 0 heterocycles. The number of ketones is 1. The van der Waals surface area contributed by atoms with Crippen molar-refractivity contribution < 1.29 is 4.79 Å². The van der Waals surface area contributed by atoms with Crippen LogP contribution in [0.5, 0.6) is 0 Å². The second kappa shape index (κ2) is 4.61. The third-order valence-corrected chi connectivity index (χ3v) is 2.52. The number of hydrogen-bond donors (Lipinski definition) is 0. The van der Waals surface area contributed by atoms with E-state index in [1.165, 1.54) is 0 Å². The largest absolute Gasteiger partial charge is 0.300 e. The maximum atomic E-state index is 11.3. The molecule has 0 N–H and O–H groups in total. The van der Waals surface area contributed by atoms with E-state index in [1.54, 1.807) is 6.92 Å². The molecular weight excluding hydrogens is 150 g/mol. The minimum Gasteiger partial charge on any atom is -0.300 e. The molecule has 0 aromatic rings. The molecule has 72 valence electrons. The monoisotopic (exact) mass is 171 g/mol. The van der Waals surface area contributed by atoms with Crippen LogP contribution in [0.15, 0.2) is 0 Å². The number of Topliss-reactive ketones (excluding diaryl/α,β-unsaturated/α-hetero) is 1. The zero-order valence-corrected chi connectivity index (χ0v) is 9.09. The maximum absolute atomic E-state index is 11.3. The van der Waals surface area contributed by atoms with Gasteiger partial charge in [-0.15, -0.1) is 0 Å². The predicted molar refractivity (Wildman–Crippen MR) is 52.2 cm³/mol.